The molecule has 4 aromatic rings. The van der Waals surface area contributed by atoms with E-state index in [9.17, 15) is 14.0 Å². The van der Waals surface area contributed by atoms with E-state index in [1.54, 1.807) is 58.5 Å². The largest absolute Gasteiger partial charge is 0.444 e. The van der Waals surface area contributed by atoms with Gasteiger partial charge in [-0.1, -0.05) is 0 Å². The first-order chi connectivity index (χ1) is 18.2. The van der Waals surface area contributed by atoms with Gasteiger partial charge in [0.15, 0.2) is 5.78 Å². The minimum atomic E-state index is -0.559. The quantitative estimate of drug-likeness (QED) is 0.348. The van der Waals surface area contributed by atoms with Crippen molar-refractivity contribution in [2.45, 2.75) is 39.2 Å². The zero-order valence-corrected chi connectivity index (χ0v) is 21.5. The smallest absolute Gasteiger partial charge is 0.410 e. The summed E-state index contributed by atoms with van der Waals surface area (Å²) in [6.45, 7) is 6.41. The number of piperidine rings is 1. The average Bonchev–Trinajstić information content (AvgIpc) is 3.43. The number of amides is 1. The second kappa shape index (κ2) is 10.2. The normalized spacial score (nSPS) is 14.5. The molecule has 0 radical (unpaired) electrons. The SMILES string of the molecule is CC(C)(C)OC(=O)N1CCC(C(=O)c2ccc3cnc(Nc4ccc(-n5cccn5)cc4F)cc3n2)CC1. The number of hydrogen-bond acceptors (Lipinski definition) is 7. The fraction of sp³-hybridized carbons (Fsp3) is 0.321. The molecule has 1 aliphatic heterocycles. The van der Waals surface area contributed by atoms with Gasteiger partial charge in [0.25, 0.3) is 0 Å². The number of nitrogens with one attached hydrogen (secondary N) is 1. The summed E-state index contributed by atoms with van der Waals surface area (Å²) in [5, 5.41) is 7.87. The van der Waals surface area contributed by atoms with Gasteiger partial charge in [0.2, 0.25) is 0 Å². The first-order valence-corrected chi connectivity index (χ1v) is 12.5. The predicted octanol–water partition coefficient (Wildman–Crippen LogP) is 5.53. The molecule has 4 heterocycles. The number of fused-ring (bicyclic) bond motifs is 1. The molecule has 9 nitrogen and oxygen atoms in total. The standard InChI is InChI=1S/C28H29FN6O3/c1-28(2,3)38-27(37)34-13-9-18(10-14-34)26(36)23-7-5-19-17-30-25(16-24(19)32-23)33-22-8-6-20(15-21(22)29)35-12-4-11-31-35/h4-8,11-12,15-18H,9-10,13-14H2,1-3H3,(H,30,33). The number of carbonyl (C=O) groups is 2. The number of ether oxygens (including phenoxy) is 1. The third kappa shape index (κ3) is 5.64. The lowest BCUT2D eigenvalue weighted by atomic mass is 9.91. The number of likely N-dealkylation sites (tertiary alicyclic amines) is 1. The highest BCUT2D eigenvalue weighted by Crippen LogP contribution is 2.26. The lowest BCUT2D eigenvalue weighted by Gasteiger charge is -2.32. The van der Waals surface area contributed by atoms with Crippen molar-refractivity contribution in [1.29, 1.82) is 0 Å². The summed E-state index contributed by atoms with van der Waals surface area (Å²) in [5.41, 5.74) is 1.24. The van der Waals surface area contributed by atoms with Crippen LogP contribution in [0.1, 0.15) is 44.1 Å². The van der Waals surface area contributed by atoms with Crippen molar-refractivity contribution >= 4 is 34.3 Å². The van der Waals surface area contributed by atoms with Crippen LogP contribution in [0.2, 0.25) is 0 Å². The van der Waals surface area contributed by atoms with Crippen molar-refractivity contribution in [2.24, 2.45) is 5.92 Å². The minimum absolute atomic E-state index is 0.0534. The third-order valence-electron chi connectivity index (χ3n) is 6.33. The van der Waals surface area contributed by atoms with Crippen LogP contribution in [-0.4, -0.2) is 55.2 Å². The number of halogens is 1. The van der Waals surface area contributed by atoms with Gasteiger partial charge in [-0.15, -0.1) is 0 Å². The van der Waals surface area contributed by atoms with E-state index in [1.165, 1.54) is 6.07 Å². The molecule has 1 aliphatic rings. The molecular weight excluding hydrogens is 487 g/mol. The van der Waals surface area contributed by atoms with Crippen LogP contribution in [0.3, 0.4) is 0 Å². The summed E-state index contributed by atoms with van der Waals surface area (Å²) >= 11 is 0. The van der Waals surface area contributed by atoms with Crippen LogP contribution in [0.4, 0.5) is 20.7 Å². The maximum atomic E-state index is 14.8. The van der Waals surface area contributed by atoms with E-state index in [0.717, 1.165) is 5.39 Å². The maximum absolute atomic E-state index is 14.8. The summed E-state index contributed by atoms with van der Waals surface area (Å²) in [6, 6.07) is 11.7. The van der Waals surface area contributed by atoms with Crippen LogP contribution in [0.25, 0.3) is 16.6 Å². The number of pyridine rings is 2. The molecule has 1 aromatic carbocycles. The van der Waals surface area contributed by atoms with Crippen molar-refractivity contribution < 1.29 is 18.7 Å². The number of hydrogen-bond donors (Lipinski definition) is 1. The Morgan fingerprint density at radius 3 is 2.58 bits per heavy atom. The van der Waals surface area contributed by atoms with E-state index < -0.39 is 11.4 Å². The van der Waals surface area contributed by atoms with Crippen LogP contribution in [0, 0.1) is 11.7 Å². The Labute approximate surface area is 219 Å². The van der Waals surface area contributed by atoms with E-state index in [-0.39, 0.29) is 23.5 Å². The van der Waals surface area contributed by atoms with Crippen LogP contribution in [0.5, 0.6) is 0 Å². The Balaban J connectivity index is 1.27. The highest BCUT2D eigenvalue weighted by molar-refractivity contribution is 5.98. The van der Waals surface area contributed by atoms with Gasteiger partial charge in [-0.3, -0.25) is 4.79 Å². The molecule has 196 valence electrons. The van der Waals surface area contributed by atoms with E-state index in [0.29, 0.717) is 48.6 Å². The Hall–Kier alpha value is -4.34. The molecule has 0 bridgehead atoms. The summed E-state index contributed by atoms with van der Waals surface area (Å²) in [4.78, 5) is 36.1. The highest BCUT2D eigenvalue weighted by Gasteiger charge is 2.31. The molecule has 3 aromatic heterocycles. The molecule has 0 spiro atoms. The lowest BCUT2D eigenvalue weighted by molar-refractivity contribution is 0.0182. The van der Waals surface area contributed by atoms with Gasteiger partial charge in [-0.05, 0) is 63.9 Å². The van der Waals surface area contributed by atoms with Crippen LogP contribution in [0.15, 0.2) is 61.1 Å². The van der Waals surface area contributed by atoms with Crippen molar-refractivity contribution in [3.8, 4) is 5.69 Å². The predicted molar refractivity (Wildman–Crippen MR) is 141 cm³/mol. The van der Waals surface area contributed by atoms with E-state index in [1.807, 2.05) is 26.8 Å². The van der Waals surface area contributed by atoms with E-state index in [4.69, 9.17) is 4.74 Å². The van der Waals surface area contributed by atoms with Crippen LogP contribution in [-0.2, 0) is 4.74 Å². The molecule has 1 amide bonds. The molecule has 0 aliphatic carbocycles. The summed E-state index contributed by atoms with van der Waals surface area (Å²) in [7, 11) is 0. The molecular formula is C28H29FN6O3. The highest BCUT2D eigenvalue weighted by atomic mass is 19.1. The van der Waals surface area contributed by atoms with Crippen LogP contribution >= 0.6 is 0 Å². The zero-order valence-electron chi connectivity index (χ0n) is 21.5. The fourth-order valence-electron chi connectivity index (χ4n) is 4.39. The van der Waals surface area contributed by atoms with Crippen molar-refractivity contribution in [3.05, 3.63) is 72.6 Å². The zero-order chi connectivity index (χ0) is 26.9. The van der Waals surface area contributed by atoms with Gasteiger partial charge in [0.05, 0.1) is 16.9 Å². The van der Waals surface area contributed by atoms with Gasteiger partial charge in [0, 0.05) is 55.1 Å². The van der Waals surface area contributed by atoms with Gasteiger partial charge in [-0.2, -0.15) is 5.10 Å². The Bertz CT molecular complexity index is 1470. The molecule has 0 atom stereocenters. The lowest BCUT2D eigenvalue weighted by Crippen LogP contribution is -2.43. The Morgan fingerprint density at radius 1 is 1.11 bits per heavy atom. The number of rotatable bonds is 5. The summed E-state index contributed by atoms with van der Waals surface area (Å²) in [6.07, 6.45) is 5.74. The topological polar surface area (TPSA) is 102 Å². The molecule has 1 fully saturated rings. The number of aromatic nitrogens is 4. The molecule has 1 saturated heterocycles. The number of carbonyl (C=O) groups excluding carboxylic acids is 2. The molecule has 5 rings (SSSR count). The number of Topliss-reactive ketones (excluding diaryl/α,β-unsaturated/α-hetero) is 1. The molecule has 0 saturated carbocycles. The third-order valence-corrected chi connectivity index (χ3v) is 6.33. The Morgan fingerprint density at radius 2 is 1.89 bits per heavy atom. The van der Waals surface area contributed by atoms with Crippen LogP contribution < -0.4 is 5.32 Å². The average molecular weight is 517 g/mol. The number of benzene rings is 1. The van der Waals surface area contributed by atoms with Crippen molar-refractivity contribution in [1.82, 2.24) is 24.6 Å². The molecule has 38 heavy (non-hydrogen) atoms. The Kier molecular flexibility index (Phi) is 6.79. The minimum Gasteiger partial charge on any atom is -0.444 e. The summed E-state index contributed by atoms with van der Waals surface area (Å²) in [5.74, 6) is -0.316. The second-order valence-electron chi connectivity index (χ2n) is 10.3. The fourth-order valence-corrected chi connectivity index (χ4v) is 4.39. The van der Waals surface area contributed by atoms with Crippen molar-refractivity contribution in [2.75, 3.05) is 18.4 Å². The van der Waals surface area contributed by atoms with E-state index >= 15 is 0 Å². The van der Waals surface area contributed by atoms with Crippen molar-refractivity contribution in [3.63, 3.8) is 0 Å². The molecule has 10 heteroatoms. The van der Waals surface area contributed by atoms with Gasteiger partial charge >= 0.3 is 6.09 Å². The van der Waals surface area contributed by atoms with E-state index in [2.05, 4.69) is 20.4 Å². The number of anilines is 2. The van der Waals surface area contributed by atoms with Gasteiger partial charge < -0.3 is 15.0 Å². The number of nitrogens with zero attached hydrogens (tertiary/aromatic N) is 5. The first-order valence-electron chi connectivity index (χ1n) is 12.5. The summed E-state index contributed by atoms with van der Waals surface area (Å²) < 4.78 is 21.8. The second-order valence-corrected chi connectivity index (χ2v) is 10.3. The van der Waals surface area contributed by atoms with Gasteiger partial charge in [-0.25, -0.2) is 23.8 Å². The first kappa shape index (κ1) is 25.3. The number of ketones is 1. The molecule has 0 unspecified atom stereocenters. The monoisotopic (exact) mass is 516 g/mol. The molecule has 1 N–H and O–H groups in total. The van der Waals surface area contributed by atoms with Gasteiger partial charge in [0.1, 0.15) is 22.9 Å². The maximum Gasteiger partial charge on any atom is 0.410 e.